The normalized spacial score (nSPS) is 11.3. The minimum atomic E-state index is 0.478. The first-order valence-electron chi connectivity index (χ1n) is 7.97. The Morgan fingerprint density at radius 2 is 2.08 bits per heavy atom. The van der Waals surface area contributed by atoms with Crippen LogP contribution in [0, 0.1) is 13.8 Å². The number of hydrogen-bond donors (Lipinski definition) is 1. The Balaban J connectivity index is 1.61. The SMILES string of the molecule is Cc1ccc2cc(CSc3nnc(-c4ccco4)n3N)c(Cl)nc2c1C. The van der Waals surface area contributed by atoms with Crippen molar-refractivity contribution in [1.29, 1.82) is 0 Å². The molecule has 0 fully saturated rings. The van der Waals surface area contributed by atoms with Gasteiger partial charge in [-0.05, 0) is 43.2 Å². The highest BCUT2D eigenvalue weighted by Gasteiger charge is 2.15. The van der Waals surface area contributed by atoms with Crippen LogP contribution in [0.3, 0.4) is 0 Å². The van der Waals surface area contributed by atoms with Gasteiger partial charge in [-0.1, -0.05) is 35.5 Å². The van der Waals surface area contributed by atoms with E-state index in [0.29, 0.717) is 27.6 Å². The minimum absolute atomic E-state index is 0.478. The summed E-state index contributed by atoms with van der Waals surface area (Å²) in [6.45, 7) is 4.13. The van der Waals surface area contributed by atoms with Gasteiger partial charge < -0.3 is 10.3 Å². The van der Waals surface area contributed by atoms with Gasteiger partial charge in [-0.15, -0.1) is 10.2 Å². The van der Waals surface area contributed by atoms with Crippen LogP contribution in [0.4, 0.5) is 0 Å². The fraction of sp³-hybridized carbons (Fsp3) is 0.167. The summed E-state index contributed by atoms with van der Waals surface area (Å²) in [5.74, 6) is 7.72. The average Bonchev–Trinajstić information content (AvgIpc) is 3.27. The van der Waals surface area contributed by atoms with Gasteiger partial charge in [0.15, 0.2) is 5.76 Å². The first-order chi connectivity index (χ1) is 12.5. The van der Waals surface area contributed by atoms with E-state index in [0.717, 1.165) is 22.0 Å². The number of pyridine rings is 1. The van der Waals surface area contributed by atoms with Crippen LogP contribution in [0.1, 0.15) is 16.7 Å². The zero-order valence-corrected chi connectivity index (χ0v) is 15.8. The van der Waals surface area contributed by atoms with Crippen molar-refractivity contribution in [1.82, 2.24) is 19.9 Å². The van der Waals surface area contributed by atoms with Gasteiger partial charge >= 0.3 is 0 Å². The van der Waals surface area contributed by atoms with Gasteiger partial charge in [0.1, 0.15) is 5.15 Å². The minimum Gasteiger partial charge on any atom is -0.461 e. The second-order valence-electron chi connectivity index (χ2n) is 5.96. The first kappa shape index (κ1) is 16.9. The molecule has 0 unspecified atom stereocenters. The summed E-state index contributed by atoms with van der Waals surface area (Å²) in [5.41, 5.74) is 4.21. The Hall–Kier alpha value is -2.51. The van der Waals surface area contributed by atoms with Crippen molar-refractivity contribution in [3.8, 4) is 11.6 Å². The fourth-order valence-electron chi connectivity index (χ4n) is 2.70. The van der Waals surface area contributed by atoms with E-state index < -0.39 is 0 Å². The lowest BCUT2D eigenvalue weighted by atomic mass is 10.0. The molecule has 0 saturated carbocycles. The third-order valence-electron chi connectivity index (χ3n) is 4.30. The molecule has 0 aliphatic rings. The number of hydrogen-bond acceptors (Lipinski definition) is 6. The largest absolute Gasteiger partial charge is 0.461 e. The van der Waals surface area contributed by atoms with E-state index in [9.17, 15) is 0 Å². The number of nitrogen functional groups attached to an aromatic ring is 1. The summed E-state index contributed by atoms with van der Waals surface area (Å²) < 4.78 is 6.74. The standard InChI is InChI=1S/C18H16ClN5OS/c1-10-5-6-12-8-13(16(19)21-15(12)11(10)2)9-26-18-23-22-17(24(18)20)14-4-3-7-25-14/h3-8H,9,20H2,1-2H3. The third-order valence-corrected chi connectivity index (χ3v) is 5.62. The summed E-state index contributed by atoms with van der Waals surface area (Å²) in [5, 5.41) is 10.4. The fourth-order valence-corrected chi connectivity index (χ4v) is 3.81. The summed E-state index contributed by atoms with van der Waals surface area (Å²) >= 11 is 7.85. The molecule has 4 rings (SSSR count). The predicted molar refractivity (Wildman–Crippen MR) is 104 cm³/mol. The topological polar surface area (TPSA) is 82.8 Å². The molecule has 132 valence electrons. The maximum absolute atomic E-state index is 6.41. The Morgan fingerprint density at radius 3 is 2.85 bits per heavy atom. The number of furan rings is 1. The molecule has 3 heterocycles. The summed E-state index contributed by atoms with van der Waals surface area (Å²) in [4.78, 5) is 4.58. The zero-order valence-electron chi connectivity index (χ0n) is 14.2. The van der Waals surface area contributed by atoms with Crippen molar-refractivity contribution >= 4 is 34.3 Å². The number of rotatable bonds is 4. The lowest BCUT2D eigenvalue weighted by Crippen LogP contribution is -2.11. The molecule has 26 heavy (non-hydrogen) atoms. The molecule has 0 aliphatic carbocycles. The van der Waals surface area contributed by atoms with Crippen molar-refractivity contribution in [3.05, 3.63) is 58.4 Å². The zero-order chi connectivity index (χ0) is 18.3. The first-order valence-corrected chi connectivity index (χ1v) is 9.33. The molecule has 0 saturated heterocycles. The molecule has 2 N–H and O–H groups in total. The van der Waals surface area contributed by atoms with Gasteiger partial charge in [0.05, 0.1) is 11.8 Å². The molecule has 0 atom stereocenters. The molecular formula is C18H16ClN5OS. The van der Waals surface area contributed by atoms with E-state index in [1.807, 2.05) is 0 Å². The number of halogens is 1. The Kier molecular flexibility index (Phi) is 4.34. The van der Waals surface area contributed by atoms with Crippen LogP contribution in [-0.4, -0.2) is 19.9 Å². The van der Waals surface area contributed by atoms with Crippen LogP contribution >= 0.6 is 23.4 Å². The molecule has 0 bridgehead atoms. The molecular weight excluding hydrogens is 370 g/mol. The number of benzene rings is 1. The highest BCUT2D eigenvalue weighted by Crippen LogP contribution is 2.30. The lowest BCUT2D eigenvalue weighted by molar-refractivity contribution is 0.574. The molecule has 3 aromatic heterocycles. The Morgan fingerprint density at radius 1 is 1.23 bits per heavy atom. The van der Waals surface area contributed by atoms with E-state index in [2.05, 4.69) is 47.2 Å². The highest BCUT2D eigenvalue weighted by molar-refractivity contribution is 7.98. The van der Waals surface area contributed by atoms with Crippen molar-refractivity contribution < 1.29 is 4.42 Å². The molecule has 8 heteroatoms. The van der Waals surface area contributed by atoms with Crippen LogP contribution in [0.5, 0.6) is 0 Å². The molecule has 0 radical (unpaired) electrons. The number of nitrogens with zero attached hydrogens (tertiary/aromatic N) is 4. The molecule has 0 amide bonds. The lowest BCUT2D eigenvalue weighted by Gasteiger charge is -2.09. The second-order valence-corrected chi connectivity index (χ2v) is 7.26. The van der Waals surface area contributed by atoms with Crippen LogP contribution in [0.2, 0.25) is 5.15 Å². The molecule has 0 aliphatic heterocycles. The molecule has 1 aromatic carbocycles. The molecule has 0 spiro atoms. The van der Waals surface area contributed by atoms with Crippen LogP contribution < -0.4 is 5.84 Å². The molecule has 4 aromatic rings. The van der Waals surface area contributed by atoms with E-state index in [1.165, 1.54) is 22.0 Å². The summed E-state index contributed by atoms with van der Waals surface area (Å²) in [6, 6.07) is 9.79. The predicted octanol–water partition coefficient (Wildman–Crippen LogP) is 4.36. The van der Waals surface area contributed by atoms with Gasteiger partial charge in [-0.3, -0.25) is 0 Å². The number of fused-ring (bicyclic) bond motifs is 1. The van der Waals surface area contributed by atoms with Crippen molar-refractivity contribution in [2.45, 2.75) is 24.8 Å². The van der Waals surface area contributed by atoms with Crippen molar-refractivity contribution in [2.75, 3.05) is 5.84 Å². The van der Waals surface area contributed by atoms with Gasteiger partial charge in [0.2, 0.25) is 11.0 Å². The number of aromatic nitrogens is 4. The van der Waals surface area contributed by atoms with Gasteiger partial charge in [0.25, 0.3) is 0 Å². The third kappa shape index (κ3) is 2.93. The summed E-state index contributed by atoms with van der Waals surface area (Å²) in [7, 11) is 0. The van der Waals surface area contributed by atoms with Gasteiger partial charge in [-0.25, -0.2) is 9.66 Å². The highest BCUT2D eigenvalue weighted by atomic mass is 35.5. The van der Waals surface area contributed by atoms with E-state index in [-0.39, 0.29) is 0 Å². The Bertz CT molecular complexity index is 1090. The van der Waals surface area contributed by atoms with Crippen LogP contribution in [0.15, 0.2) is 46.2 Å². The average molecular weight is 386 g/mol. The van der Waals surface area contributed by atoms with E-state index in [1.54, 1.807) is 18.4 Å². The number of thioether (sulfide) groups is 1. The number of nitrogens with two attached hydrogens (primary N) is 1. The smallest absolute Gasteiger partial charge is 0.218 e. The van der Waals surface area contributed by atoms with Gasteiger partial charge in [0, 0.05) is 16.7 Å². The van der Waals surface area contributed by atoms with Crippen LogP contribution in [-0.2, 0) is 5.75 Å². The maximum atomic E-state index is 6.41. The van der Waals surface area contributed by atoms with Gasteiger partial charge in [-0.2, -0.15) is 0 Å². The van der Waals surface area contributed by atoms with E-state index >= 15 is 0 Å². The maximum Gasteiger partial charge on any atom is 0.218 e. The van der Waals surface area contributed by atoms with E-state index in [4.69, 9.17) is 21.9 Å². The monoisotopic (exact) mass is 385 g/mol. The van der Waals surface area contributed by atoms with Crippen molar-refractivity contribution in [2.24, 2.45) is 0 Å². The summed E-state index contributed by atoms with van der Waals surface area (Å²) in [6.07, 6.45) is 1.57. The second kappa shape index (κ2) is 6.66. The quantitative estimate of drug-likeness (QED) is 0.319. The van der Waals surface area contributed by atoms with Crippen molar-refractivity contribution in [3.63, 3.8) is 0 Å². The number of aryl methyl sites for hydroxylation is 2. The molecule has 6 nitrogen and oxygen atoms in total. The van der Waals surface area contributed by atoms with Crippen LogP contribution in [0.25, 0.3) is 22.5 Å². The Labute approximate surface area is 159 Å².